The summed E-state index contributed by atoms with van der Waals surface area (Å²) in [6, 6.07) is 4.14. The van der Waals surface area contributed by atoms with Crippen LogP contribution in [0.1, 0.15) is 18.4 Å². The molecule has 2 amide bonds. The molecule has 28 heavy (non-hydrogen) atoms. The smallest absolute Gasteiger partial charge is 0.290 e. The molecule has 2 aliphatic heterocycles. The summed E-state index contributed by atoms with van der Waals surface area (Å²) in [6.45, 7) is 3.30. The van der Waals surface area contributed by atoms with Crippen LogP contribution in [0.3, 0.4) is 0 Å². The van der Waals surface area contributed by atoms with Crippen molar-refractivity contribution in [1.29, 1.82) is 0 Å². The third-order valence-electron chi connectivity index (χ3n) is 4.80. The molecule has 0 aromatic heterocycles. The molecule has 9 heteroatoms. The summed E-state index contributed by atoms with van der Waals surface area (Å²) in [5.74, 6) is 0.821. The Kier molecular flexibility index (Phi) is 6.82. The third-order valence-corrected chi connectivity index (χ3v) is 5.61. The van der Waals surface area contributed by atoms with Crippen molar-refractivity contribution in [3.05, 3.63) is 22.6 Å². The number of hydrogen-bond acceptors (Lipinski definition) is 8. The first-order valence-electron chi connectivity index (χ1n) is 9.25. The standard InChI is InChI=1S/C19H26N4O4S/c1-26-15-8-12(9-17-18(24)22-19(25)28-17)14(10-16(15)27-2)23-7-4-13(11-23)21-6-3-5-20/h8-10,13,21H,3-7,11,20H2,1-2H3,(H,22,24,25)/b17-9-/t13-/m1/s1. The zero-order valence-electron chi connectivity index (χ0n) is 16.1. The second kappa shape index (κ2) is 9.31. The van der Waals surface area contributed by atoms with Gasteiger partial charge in [-0.15, -0.1) is 0 Å². The number of anilines is 1. The van der Waals surface area contributed by atoms with Crippen molar-refractivity contribution >= 4 is 34.7 Å². The summed E-state index contributed by atoms with van der Waals surface area (Å²) in [4.78, 5) is 26.1. The number of thioether (sulfide) groups is 1. The number of amides is 2. The van der Waals surface area contributed by atoms with E-state index < -0.39 is 0 Å². The van der Waals surface area contributed by atoms with Crippen molar-refractivity contribution in [2.24, 2.45) is 5.73 Å². The van der Waals surface area contributed by atoms with Gasteiger partial charge in [0.1, 0.15) is 0 Å². The lowest BCUT2D eigenvalue weighted by molar-refractivity contribution is -0.115. The van der Waals surface area contributed by atoms with Gasteiger partial charge in [-0.25, -0.2) is 0 Å². The average Bonchev–Trinajstić information content (AvgIpc) is 3.27. The minimum Gasteiger partial charge on any atom is -0.493 e. The summed E-state index contributed by atoms with van der Waals surface area (Å²) in [6.07, 6.45) is 3.70. The predicted molar refractivity (Wildman–Crippen MR) is 111 cm³/mol. The molecule has 1 aromatic rings. The Balaban J connectivity index is 1.90. The van der Waals surface area contributed by atoms with Crippen LogP contribution in [0.15, 0.2) is 17.0 Å². The van der Waals surface area contributed by atoms with E-state index in [4.69, 9.17) is 15.2 Å². The lowest BCUT2D eigenvalue weighted by Crippen LogP contribution is -2.34. The average molecular weight is 407 g/mol. The van der Waals surface area contributed by atoms with Crippen LogP contribution in [0.2, 0.25) is 0 Å². The van der Waals surface area contributed by atoms with Crippen molar-refractivity contribution in [1.82, 2.24) is 10.6 Å². The third kappa shape index (κ3) is 4.60. The highest BCUT2D eigenvalue weighted by Gasteiger charge is 2.28. The number of hydrogen-bond donors (Lipinski definition) is 3. The quantitative estimate of drug-likeness (QED) is 0.441. The number of nitrogens with two attached hydrogens (primary N) is 1. The molecule has 2 heterocycles. The molecule has 0 unspecified atom stereocenters. The minimum atomic E-state index is -0.376. The maximum absolute atomic E-state index is 12.0. The van der Waals surface area contributed by atoms with E-state index in [-0.39, 0.29) is 11.1 Å². The first kappa shape index (κ1) is 20.5. The highest BCUT2D eigenvalue weighted by atomic mass is 32.2. The maximum atomic E-state index is 12.0. The van der Waals surface area contributed by atoms with Gasteiger partial charge in [-0.3, -0.25) is 14.9 Å². The Labute approximate surface area is 168 Å². The highest BCUT2D eigenvalue weighted by molar-refractivity contribution is 8.18. The molecule has 0 aliphatic carbocycles. The van der Waals surface area contributed by atoms with Crippen molar-refractivity contribution in [3.8, 4) is 11.5 Å². The first-order chi connectivity index (χ1) is 13.5. The summed E-state index contributed by atoms with van der Waals surface area (Å²) in [7, 11) is 3.17. The van der Waals surface area contributed by atoms with E-state index in [1.54, 1.807) is 20.3 Å². The van der Waals surface area contributed by atoms with Gasteiger partial charge in [0.2, 0.25) is 0 Å². The number of carbonyl (C=O) groups excluding carboxylic acids is 2. The Morgan fingerprint density at radius 1 is 1.32 bits per heavy atom. The van der Waals surface area contributed by atoms with Gasteiger partial charge in [-0.2, -0.15) is 0 Å². The Bertz CT molecular complexity index is 783. The van der Waals surface area contributed by atoms with Crippen LogP contribution in [0.4, 0.5) is 10.5 Å². The van der Waals surface area contributed by atoms with Gasteiger partial charge in [0, 0.05) is 36.4 Å². The molecule has 2 fully saturated rings. The number of carbonyl (C=O) groups is 2. The topological polar surface area (TPSA) is 106 Å². The lowest BCUT2D eigenvalue weighted by Gasteiger charge is -2.23. The summed E-state index contributed by atoms with van der Waals surface area (Å²) in [5.41, 5.74) is 7.33. The Morgan fingerprint density at radius 2 is 2.07 bits per heavy atom. The molecule has 1 atom stereocenters. The molecular formula is C19H26N4O4S. The van der Waals surface area contributed by atoms with Crippen LogP contribution < -0.4 is 30.7 Å². The predicted octanol–water partition coefficient (Wildman–Crippen LogP) is 1.54. The van der Waals surface area contributed by atoms with Gasteiger partial charge in [-0.05, 0) is 49.8 Å². The zero-order chi connectivity index (χ0) is 20.1. The highest BCUT2D eigenvalue weighted by Crippen LogP contribution is 2.39. The second-order valence-electron chi connectivity index (χ2n) is 6.65. The number of imide groups is 1. The summed E-state index contributed by atoms with van der Waals surface area (Å²) >= 11 is 0.904. The monoisotopic (exact) mass is 406 g/mol. The van der Waals surface area contributed by atoms with Crippen LogP contribution in [-0.2, 0) is 4.79 Å². The number of nitrogens with zero attached hydrogens (tertiary/aromatic N) is 1. The van der Waals surface area contributed by atoms with Crippen LogP contribution in [-0.4, -0.2) is 57.6 Å². The molecule has 0 radical (unpaired) electrons. The lowest BCUT2D eigenvalue weighted by atomic mass is 10.1. The molecule has 4 N–H and O–H groups in total. The molecular weight excluding hydrogens is 380 g/mol. The molecule has 8 nitrogen and oxygen atoms in total. The largest absolute Gasteiger partial charge is 0.493 e. The van der Waals surface area contributed by atoms with Crippen LogP contribution >= 0.6 is 11.8 Å². The van der Waals surface area contributed by atoms with Gasteiger partial charge in [-0.1, -0.05) is 0 Å². The fourth-order valence-corrected chi connectivity index (χ4v) is 4.06. The van der Waals surface area contributed by atoms with Crippen LogP contribution in [0.25, 0.3) is 6.08 Å². The van der Waals surface area contributed by atoms with Gasteiger partial charge >= 0.3 is 0 Å². The van der Waals surface area contributed by atoms with E-state index in [0.717, 1.165) is 55.5 Å². The van der Waals surface area contributed by atoms with Crippen molar-refractivity contribution in [2.45, 2.75) is 18.9 Å². The number of ether oxygens (including phenoxy) is 2. The van der Waals surface area contributed by atoms with E-state index in [2.05, 4.69) is 15.5 Å². The number of rotatable bonds is 8. The van der Waals surface area contributed by atoms with Crippen molar-refractivity contribution in [2.75, 3.05) is 45.3 Å². The van der Waals surface area contributed by atoms with Gasteiger partial charge in [0.05, 0.1) is 19.1 Å². The molecule has 0 bridgehead atoms. The van der Waals surface area contributed by atoms with Crippen LogP contribution in [0.5, 0.6) is 11.5 Å². The summed E-state index contributed by atoms with van der Waals surface area (Å²) < 4.78 is 10.9. The van der Waals surface area contributed by atoms with E-state index in [1.807, 2.05) is 12.1 Å². The van der Waals surface area contributed by atoms with Gasteiger partial charge < -0.3 is 25.4 Å². The molecule has 152 valence electrons. The van der Waals surface area contributed by atoms with E-state index in [0.29, 0.717) is 29.0 Å². The normalized spacial score (nSPS) is 20.8. The molecule has 2 aliphatic rings. The van der Waals surface area contributed by atoms with E-state index in [1.165, 1.54) is 0 Å². The van der Waals surface area contributed by atoms with E-state index in [9.17, 15) is 9.59 Å². The summed E-state index contributed by atoms with van der Waals surface area (Å²) in [5, 5.41) is 5.47. The van der Waals surface area contributed by atoms with Crippen molar-refractivity contribution < 1.29 is 19.1 Å². The van der Waals surface area contributed by atoms with Gasteiger partial charge in [0.25, 0.3) is 11.1 Å². The maximum Gasteiger partial charge on any atom is 0.290 e. The number of nitrogens with one attached hydrogen (secondary N) is 2. The van der Waals surface area contributed by atoms with Crippen molar-refractivity contribution in [3.63, 3.8) is 0 Å². The Morgan fingerprint density at radius 3 is 2.71 bits per heavy atom. The molecule has 0 saturated carbocycles. The van der Waals surface area contributed by atoms with E-state index >= 15 is 0 Å². The molecule has 2 saturated heterocycles. The minimum absolute atomic E-state index is 0.358. The molecule has 3 rings (SSSR count). The molecule has 0 spiro atoms. The zero-order valence-corrected chi connectivity index (χ0v) is 16.9. The first-order valence-corrected chi connectivity index (χ1v) is 10.1. The second-order valence-corrected chi connectivity index (χ2v) is 7.66. The fourth-order valence-electron chi connectivity index (χ4n) is 3.39. The van der Waals surface area contributed by atoms with Crippen LogP contribution in [0, 0.1) is 0 Å². The number of methoxy groups -OCH3 is 2. The van der Waals surface area contributed by atoms with Gasteiger partial charge in [0.15, 0.2) is 11.5 Å². The SMILES string of the molecule is COc1cc(/C=C2\SC(=O)NC2=O)c(N2CC[C@@H](NCCCN)C2)cc1OC. The Hall–Kier alpha value is -2.23. The molecule has 1 aromatic carbocycles. The number of benzene rings is 1. The fraction of sp³-hybridized carbons (Fsp3) is 0.474.